The second-order valence-corrected chi connectivity index (χ2v) is 6.70. The number of benzene rings is 2. The summed E-state index contributed by atoms with van der Waals surface area (Å²) in [5, 5.41) is 3.37. The summed E-state index contributed by atoms with van der Waals surface area (Å²) in [6, 6.07) is 13.7. The molecule has 0 saturated carbocycles. The van der Waals surface area contributed by atoms with Crippen LogP contribution in [0, 0.1) is 0 Å². The number of rotatable bonds is 2. The lowest BCUT2D eigenvalue weighted by Gasteiger charge is -2.20. The van der Waals surface area contributed by atoms with Gasteiger partial charge in [0.15, 0.2) is 0 Å². The van der Waals surface area contributed by atoms with Crippen LogP contribution in [-0.2, 0) is 25.7 Å². The van der Waals surface area contributed by atoms with Gasteiger partial charge in [-0.1, -0.05) is 42.5 Å². The average molecular weight is 313 g/mol. The smallest absolute Gasteiger partial charge is 0.259 e. The maximum absolute atomic E-state index is 14.7. The monoisotopic (exact) mass is 313 g/mol. The van der Waals surface area contributed by atoms with Crippen LogP contribution in [0.25, 0.3) is 0 Å². The summed E-state index contributed by atoms with van der Waals surface area (Å²) >= 11 is 0. The number of alkyl halides is 2. The minimum Gasteiger partial charge on any atom is -0.316 e. The fourth-order valence-electron chi connectivity index (χ4n) is 4.10. The van der Waals surface area contributed by atoms with Gasteiger partial charge in [-0.3, -0.25) is 0 Å². The lowest BCUT2D eigenvalue weighted by Crippen LogP contribution is -2.24. The highest BCUT2D eigenvalue weighted by atomic mass is 19.3. The zero-order chi connectivity index (χ0) is 15.9. The zero-order valence-corrected chi connectivity index (χ0v) is 13.1. The predicted molar refractivity (Wildman–Crippen MR) is 88.3 cm³/mol. The Hall–Kier alpha value is -1.74. The van der Waals surface area contributed by atoms with Crippen molar-refractivity contribution in [3.8, 4) is 0 Å². The third kappa shape index (κ3) is 2.67. The number of fused-ring (bicyclic) bond motifs is 3. The second kappa shape index (κ2) is 5.72. The molecule has 1 aliphatic heterocycles. The summed E-state index contributed by atoms with van der Waals surface area (Å²) in [5.41, 5.74) is 5.23. The second-order valence-electron chi connectivity index (χ2n) is 6.70. The Kier molecular flexibility index (Phi) is 3.68. The summed E-state index contributed by atoms with van der Waals surface area (Å²) in [7, 11) is 0. The van der Waals surface area contributed by atoms with E-state index in [1.165, 1.54) is 11.1 Å². The third-order valence-electron chi connectivity index (χ3n) is 5.27. The van der Waals surface area contributed by atoms with Crippen LogP contribution in [0.15, 0.2) is 42.5 Å². The minimum atomic E-state index is -2.65. The summed E-state index contributed by atoms with van der Waals surface area (Å²) in [6.07, 6.45) is 2.13. The van der Waals surface area contributed by atoms with Crippen LogP contribution in [0.2, 0.25) is 0 Å². The first-order valence-electron chi connectivity index (χ1n) is 8.41. The van der Waals surface area contributed by atoms with Crippen molar-refractivity contribution in [1.29, 1.82) is 0 Å². The highest BCUT2D eigenvalue weighted by Crippen LogP contribution is 2.48. The van der Waals surface area contributed by atoms with E-state index >= 15 is 0 Å². The standard InChI is InChI=1S/C20H21F2N/c21-20(22)13-18-16-9-11-23-10-8-15(16)6-7-17(18)19(20)12-14-4-2-1-3-5-14/h1-7,19,23H,8-13H2. The molecule has 23 heavy (non-hydrogen) atoms. The molecule has 1 N–H and O–H groups in total. The molecule has 4 rings (SSSR count). The Morgan fingerprint density at radius 1 is 0.957 bits per heavy atom. The van der Waals surface area contributed by atoms with Crippen LogP contribution < -0.4 is 5.32 Å². The van der Waals surface area contributed by atoms with Crippen LogP contribution in [0.4, 0.5) is 8.78 Å². The van der Waals surface area contributed by atoms with Crippen molar-refractivity contribution >= 4 is 0 Å². The summed E-state index contributed by atoms with van der Waals surface area (Å²) in [4.78, 5) is 0. The van der Waals surface area contributed by atoms with Crippen molar-refractivity contribution < 1.29 is 8.78 Å². The Bertz CT molecular complexity index is 709. The Morgan fingerprint density at radius 3 is 2.57 bits per heavy atom. The van der Waals surface area contributed by atoms with Gasteiger partial charge < -0.3 is 5.32 Å². The molecular formula is C20H21F2N. The molecule has 0 amide bonds. The highest BCUT2D eigenvalue weighted by molar-refractivity contribution is 5.49. The van der Waals surface area contributed by atoms with E-state index in [2.05, 4.69) is 11.4 Å². The van der Waals surface area contributed by atoms with E-state index in [9.17, 15) is 8.78 Å². The van der Waals surface area contributed by atoms with E-state index in [4.69, 9.17) is 0 Å². The van der Waals surface area contributed by atoms with E-state index in [1.54, 1.807) is 0 Å². The van der Waals surface area contributed by atoms with Crippen LogP contribution >= 0.6 is 0 Å². The van der Waals surface area contributed by atoms with Gasteiger partial charge in [0.1, 0.15) is 0 Å². The molecule has 0 fully saturated rings. The van der Waals surface area contributed by atoms with Crippen molar-refractivity contribution in [1.82, 2.24) is 5.32 Å². The van der Waals surface area contributed by atoms with Crippen LogP contribution in [0.3, 0.4) is 0 Å². The molecule has 1 unspecified atom stereocenters. The molecule has 3 heteroatoms. The van der Waals surface area contributed by atoms with E-state index in [0.29, 0.717) is 6.42 Å². The molecule has 2 aromatic carbocycles. The van der Waals surface area contributed by atoms with Gasteiger partial charge in [0.2, 0.25) is 0 Å². The first-order valence-corrected chi connectivity index (χ1v) is 8.41. The van der Waals surface area contributed by atoms with E-state index in [1.807, 2.05) is 36.4 Å². The topological polar surface area (TPSA) is 12.0 Å². The van der Waals surface area contributed by atoms with Crippen LogP contribution in [-0.4, -0.2) is 19.0 Å². The van der Waals surface area contributed by atoms with Crippen LogP contribution in [0.1, 0.15) is 33.7 Å². The molecule has 2 aliphatic rings. The third-order valence-corrected chi connectivity index (χ3v) is 5.27. The SMILES string of the molecule is FC1(F)Cc2c(ccc3c2CCNCC3)C1Cc1ccccc1. The van der Waals surface area contributed by atoms with Gasteiger partial charge >= 0.3 is 0 Å². The molecular weight excluding hydrogens is 292 g/mol. The summed E-state index contributed by atoms with van der Waals surface area (Å²) in [5.74, 6) is -3.34. The highest BCUT2D eigenvalue weighted by Gasteiger charge is 2.48. The van der Waals surface area contributed by atoms with Gasteiger partial charge in [-0.25, -0.2) is 8.78 Å². The van der Waals surface area contributed by atoms with Gasteiger partial charge in [0, 0.05) is 6.42 Å². The van der Waals surface area contributed by atoms with Gasteiger partial charge in [-0.2, -0.15) is 0 Å². The van der Waals surface area contributed by atoms with Crippen molar-refractivity contribution in [2.24, 2.45) is 0 Å². The normalized spacial score (nSPS) is 22.3. The Balaban J connectivity index is 1.74. The molecule has 2 aromatic rings. The molecule has 1 heterocycles. The quantitative estimate of drug-likeness (QED) is 0.887. The van der Waals surface area contributed by atoms with E-state index in [0.717, 1.165) is 42.6 Å². The largest absolute Gasteiger partial charge is 0.316 e. The fraction of sp³-hybridized carbons (Fsp3) is 0.400. The number of halogens is 2. The number of nitrogens with one attached hydrogen (secondary N) is 1. The maximum atomic E-state index is 14.7. The van der Waals surface area contributed by atoms with E-state index in [-0.39, 0.29) is 6.42 Å². The van der Waals surface area contributed by atoms with Gasteiger partial charge in [0.05, 0.1) is 5.92 Å². The van der Waals surface area contributed by atoms with Crippen molar-refractivity contribution in [3.05, 3.63) is 70.3 Å². The molecule has 0 saturated heterocycles. The number of hydrogen-bond donors (Lipinski definition) is 1. The first kappa shape index (κ1) is 14.8. The molecule has 0 radical (unpaired) electrons. The predicted octanol–water partition coefficient (Wildman–Crippen LogP) is 3.89. The molecule has 0 aromatic heterocycles. The Labute approximate surface area is 135 Å². The summed E-state index contributed by atoms with van der Waals surface area (Å²) in [6.45, 7) is 1.83. The number of hydrogen-bond acceptors (Lipinski definition) is 1. The van der Waals surface area contributed by atoms with Crippen molar-refractivity contribution in [3.63, 3.8) is 0 Å². The zero-order valence-electron chi connectivity index (χ0n) is 13.1. The Morgan fingerprint density at radius 2 is 1.74 bits per heavy atom. The molecule has 1 atom stereocenters. The lowest BCUT2D eigenvalue weighted by molar-refractivity contribution is -0.0152. The lowest BCUT2D eigenvalue weighted by atomic mass is 9.89. The van der Waals surface area contributed by atoms with Gasteiger partial charge in [-0.15, -0.1) is 0 Å². The fourth-order valence-corrected chi connectivity index (χ4v) is 4.10. The van der Waals surface area contributed by atoms with E-state index < -0.39 is 11.8 Å². The van der Waals surface area contributed by atoms with Crippen molar-refractivity contribution in [2.75, 3.05) is 13.1 Å². The van der Waals surface area contributed by atoms with Crippen LogP contribution in [0.5, 0.6) is 0 Å². The maximum Gasteiger partial charge on any atom is 0.259 e. The molecule has 1 aliphatic carbocycles. The van der Waals surface area contributed by atoms with Gasteiger partial charge in [-0.05, 0) is 60.2 Å². The molecule has 1 nitrogen and oxygen atoms in total. The molecule has 0 bridgehead atoms. The summed E-state index contributed by atoms with van der Waals surface area (Å²) < 4.78 is 29.5. The first-order chi connectivity index (χ1) is 11.1. The molecule has 120 valence electrons. The average Bonchev–Trinajstić information content (AvgIpc) is 2.71. The molecule has 0 spiro atoms. The minimum absolute atomic E-state index is 0.0942. The van der Waals surface area contributed by atoms with Gasteiger partial charge in [0.25, 0.3) is 5.92 Å². The van der Waals surface area contributed by atoms with Crippen molar-refractivity contribution in [2.45, 2.75) is 37.5 Å².